The van der Waals surface area contributed by atoms with Crippen LogP contribution < -0.4 is 15.0 Å². The van der Waals surface area contributed by atoms with Gasteiger partial charge in [0.05, 0.1) is 0 Å². The molecule has 0 fully saturated rings. The Morgan fingerprint density at radius 3 is 2.43 bits per heavy atom. The van der Waals surface area contributed by atoms with Crippen LogP contribution in [0.4, 0.5) is 5.95 Å². The number of benzene rings is 1. The summed E-state index contributed by atoms with van der Waals surface area (Å²) in [4.78, 5) is 26.8. The maximum atomic E-state index is 11.1. The van der Waals surface area contributed by atoms with Crippen molar-refractivity contribution in [2.24, 2.45) is 0 Å². The van der Waals surface area contributed by atoms with E-state index in [9.17, 15) is 9.90 Å². The molecule has 0 aliphatic carbocycles. The Hall–Kier alpha value is -3.57. The van der Waals surface area contributed by atoms with Gasteiger partial charge in [0, 0.05) is 30.9 Å². The van der Waals surface area contributed by atoms with Crippen LogP contribution in [-0.4, -0.2) is 75.2 Å². The fraction of sp³-hybridized carbons (Fsp3) is 0.458. The largest absolute Gasteiger partial charge is 0.490 e. The summed E-state index contributed by atoms with van der Waals surface area (Å²) in [5.74, 6) is 1.42. The zero-order valence-electron chi connectivity index (χ0n) is 20.7. The predicted molar refractivity (Wildman–Crippen MR) is 130 cm³/mol. The zero-order chi connectivity index (χ0) is 25.5. The minimum Gasteiger partial charge on any atom is -0.490 e. The van der Waals surface area contributed by atoms with Gasteiger partial charge in [0.25, 0.3) is 5.89 Å². The Kier molecular flexibility index (Phi) is 8.72. The van der Waals surface area contributed by atoms with Crippen LogP contribution in [0.15, 0.2) is 22.7 Å². The van der Waals surface area contributed by atoms with Crippen molar-refractivity contribution in [2.45, 2.75) is 40.7 Å². The molecule has 1 aromatic carbocycles. The van der Waals surface area contributed by atoms with E-state index in [-0.39, 0.29) is 13.2 Å². The molecule has 0 aliphatic heterocycles. The van der Waals surface area contributed by atoms with Crippen LogP contribution in [0.2, 0.25) is 0 Å². The normalized spacial score (nSPS) is 11.9. The number of rotatable bonds is 11. The maximum absolute atomic E-state index is 11.1. The molecule has 35 heavy (non-hydrogen) atoms. The van der Waals surface area contributed by atoms with Crippen LogP contribution in [-0.2, 0) is 4.79 Å². The monoisotopic (exact) mass is 484 g/mol. The van der Waals surface area contributed by atoms with Crippen LogP contribution in [0.1, 0.15) is 30.7 Å². The molecule has 1 amide bonds. The van der Waals surface area contributed by atoms with Crippen molar-refractivity contribution in [1.82, 2.24) is 25.4 Å². The van der Waals surface area contributed by atoms with E-state index in [0.29, 0.717) is 29.1 Å². The average Bonchev–Trinajstić information content (AvgIpc) is 3.33. The maximum Gasteiger partial charge on any atom is 0.277 e. The highest BCUT2D eigenvalue weighted by atomic mass is 16.5. The second kappa shape index (κ2) is 11.7. The molecule has 11 heteroatoms. The molecular weight excluding hydrogens is 452 g/mol. The zero-order valence-corrected chi connectivity index (χ0v) is 20.7. The second-order valence-electron chi connectivity index (χ2n) is 8.16. The van der Waals surface area contributed by atoms with Gasteiger partial charge in [-0.15, -0.1) is 0 Å². The molecular formula is C24H32N6O5. The smallest absolute Gasteiger partial charge is 0.277 e. The number of nitrogens with one attached hydrogen (secondary N) is 1. The summed E-state index contributed by atoms with van der Waals surface area (Å²) in [5.41, 5.74) is 3.80. The summed E-state index contributed by atoms with van der Waals surface area (Å²) in [7, 11) is 0. The standard InChI is InChI=1S/C24H32N6O5/c1-6-30(7-2)24-26-16(5)10-19(27-24)23-28-22(29-35-23)17-8-14(3)21(15(4)9-17)34-13-18(32)11-25-20(33)12-31/h8-10,18,31-32H,6-7,11-13H2,1-5H3,(H,25,33). The van der Waals surface area contributed by atoms with Gasteiger partial charge in [-0.2, -0.15) is 4.98 Å². The van der Waals surface area contributed by atoms with Crippen LogP contribution in [0.5, 0.6) is 5.75 Å². The van der Waals surface area contributed by atoms with E-state index in [4.69, 9.17) is 14.4 Å². The molecule has 3 rings (SSSR count). The lowest BCUT2D eigenvalue weighted by atomic mass is 10.1. The number of amides is 1. The fourth-order valence-electron chi connectivity index (χ4n) is 3.59. The van der Waals surface area contributed by atoms with E-state index in [1.807, 2.05) is 52.8 Å². The molecule has 1 atom stereocenters. The van der Waals surface area contributed by atoms with Crippen molar-refractivity contribution in [1.29, 1.82) is 0 Å². The molecule has 0 saturated heterocycles. The lowest BCUT2D eigenvalue weighted by Gasteiger charge is -2.18. The third-order valence-electron chi connectivity index (χ3n) is 5.35. The molecule has 0 radical (unpaired) electrons. The summed E-state index contributed by atoms with van der Waals surface area (Å²) < 4.78 is 11.3. The van der Waals surface area contributed by atoms with Gasteiger partial charge in [0.15, 0.2) is 0 Å². The SMILES string of the molecule is CCN(CC)c1nc(C)cc(-c2nc(-c3cc(C)c(OCC(O)CNC(=O)CO)c(C)c3)no2)n1. The summed E-state index contributed by atoms with van der Waals surface area (Å²) in [6, 6.07) is 5.57. The summed E-state index contributed by atoms with van der Waals surface area (Å²) in [6.07, 6.45) is -0.915. The summed E-state index contributed by atoms with van der Waals surface area (Å²) in [6.45, 7) is 10.7. The van der Waals surface area contributed by atoms with Crippen molar-refractivity contribution in [3.63, 3.8) is 0 Å². The molecule has 0 bridgehead atoms. The van der Waals surface area contributed by atoms with Gasteiger partial charge >= 0.3 is 0 Å². The van der Waals surface area contributed by atoms with Gasteiger partial charge in [-0.25, -0.2) is 9.97 Å². The molecule has 0 saturated carbocycles. The third kappa shape index (κ3) is 6.52. The van der Waals surface area contributed by atoms with E-state index in [1.165, 1.54) is 0 Å². The first-order chi connectivity index (χ1) is 16.7. The van der Waals surface area contributed by atoms with E-state index >= 15 is 0 Å². The Labute approximate surface area is 204 Å². The number of ether oxygens (including phenoxy) is 1. The second-order valence-corrected chi connectivity index (χ2v) is 8.16. The van der Waals surface area contributed by atoms with E-state index in [2.05, 4.69) is 30.3 Å². The Balaban J connectivity index is 1.77. The predicted octanol–water partition coefficient (Wildman–Crippen LogP) is 1.81. The minimum absolute atomic E-state index is 0.0129. The molecule has 2 heterocycles. The quantitative estimate of drug-likeness (QED) is 0.368. The number of aliphatic hydroxyl groups is 2. The number of carbonyl (C=O) groups is 1. The Morgan fingerprint density at radius 2 is 1.80 bits per heavy atom. The highest BCUT2D eigenvalue weighted by Gasteiger charge is 2.18. The molecule has 1 unspecified atom stereocenters. The number of anilines is 1. The molecule has 0 aliphatic rings. The number of hydrogen-bond donors (Lipinski definition) is 3. The third-order valence-corrected chi connectivity index (χ3v) is 5.35. The number of aryl methyl sites for hydroxylation is 3. The summed E-state index contributed by atoms with van der Waals surface area (Å²) in [5, 5.41) is 25.3. The first kappa shape index (κ1) is 26.0. The van der Waals surface area contributed by atoms with Gasteiger partial charge in [-0.05, 0) is 63.9 Å². The average molecular weight is 485 g/mol. The summed E-state index contributed by atoms with van der Waals surface area (Å²) >= 11 is 0. The Morgan fingerprint density at radius 1 is 1.11 bits per heavy atom. The highest BCUT2D eigenvalue weighted by molar-refractivity contribution is 5.76. The minimum atomic E-state index is -0.915. The van der Waals surface area contributed by atoms with Gasteiger partial charge in [-0.1, -0.05) is 5.16 Å². The molecule has 0 spiro atoms. The van der Waals surface area contributed by atoms with Crippen molar-refractivity contribution < 1.29 is 24.3 Å². The molecule has 3 aromatic rings. The topological polar surface area (TPSA) is 147 Å². The number of carbonyl (C=O) groups excluding carboxylic acids is 1. The van der Waals surface area contributed by atoms with Gasteiger partial charge in [0.1, 0.15) is 30.8 Å². The van der Waals surface area contributed by atoms with Crippen molar-refractivity contribution in [3.8, 4) is 28.7 Å². The van der Waals surface area contributed by atoms with Crippen LogP contribution in [0.25, 0.3) is 23.0 Å². The first-order valence-corrected chi connectivity index (χ1v) is 11.5. The lowest BCUT2D eigenvalue weighted by molar-refractivity contribution is -0.124. The molecule has 188 valence electrons. The number of aromatic nitrogens is 4. The molecule has 2 aromatic heterocycles. The van der Waals surface area contributed by atoms with Crippen LogP contribution >= 0.6 is 0 Å². The highest BCUT2D eigenvalue weighted by Crippen LogP contribution is 2.30. The van der Waals surface area contributed by atoms with Crippen molar-refractivity contribution in [2.75, 3.05) is 37.7 Å². The van der Waals surface area contributed by atoms with Gasteiger partial charge in [-0.3, -0.25) is 4.79 Å². The fourth-order valence-corrected chi connectivity index (χ4v) is 3.59. The van der Waals surface area contributed by atoms with Crippen molar-refractivity contribution in [3.05, 3.63) is 35.0 Å². The van der Waals surface area contributed by atoms with Crippen LogP contribution in [0, 0.1) is 20.8 Å². The lowest BCUT2D eigenvalue weighted by Crippen LogP contribution is -2.36. The molecule has 3 N–H and O–H groups in total. The van der Waals surface area contributed by atoms with Gasteiger partial charge < -0.3 is 29.7 Å². The van der Waals surface area contributed by atoms with Gasteiger partial charge in [0.2, 0.25) is 17.7 Å². The first-order valence-electron chi connectivity index (χ1n) is 11.5. The van der Waals surface area contributed by atoms with Crippen LogP contribution in [0.3, 0.4) is 0 Å². The van der Waals surface area contributed by atoms with Crippen molar-refractivity contribution >= 4 is 11.9 Å². The van der Waals surface area contributed by atoms with E-state index < -0.39 is 18.6 Å². The van der Waals surface area contributed by atoms with E-state index in [1.54, 1.807) is 0 Å². The number of hydrogen-bond acceptors (Lipinski definition) is 10. The van der Waals surface area contributed by atoms with E-state index in [0.717, 1.165) is 35.5 Å². The molecule has 11 nitrogen and oxygen atoms in total. The number of nitrogens with zero attached hydrogens (tertiary/aromatic N) is 5. The number of aliphatic hydroxyl groups excluding tert-OH is 2. The Bertz CT molecular complexity index is 1140.